The quantitative estimate of drug-likeness (QED) is 0.365. The van der Waals surface area contributed by atoms with Crippen molar-refractivity contribution in [1.29, 1.82) is 5.41 Å². The van der Waals surface area contributed by atoms with Crippen molar-refractivity contribution >= 4 is 5.84 Å². The first-order valence-electron chi connectivity index (χ1n) is 6.87. The Balaban J connectivity index is 2.20. The number of aryl methyl sites for hydroxylation is 1. The van der Waals surface area contributed by atoms with Gasteiger partial charge in [0.1, 0.15) is 18.2 Å². The fraction of sp³-hybridized carbons (Fsp3) is 0.533. The molecule has 0 aliphatic rings. The zero-order valence-electron chi connectivity index (χ0n) is 12.7. The van der Waals surface area contributed by atoms with Crippen LogP contribution >= 0.6 is 0 Å². The number of nitrogens with one attached hydrogen (secondary N) is 1. The number of rotatable bonds is 11. The highest BCUT2D eigenvalue weighted by atomic mass is 16.6. The molecule has 0 unspecified atom stereocenters. The van der Waals surface area contributed by atoms with Gasteiger partial charge in [0.15, 0.2) is 0 Å². The molecule has 0 saturated heterocycles. The Morgan fingerprint density at radius 1 is 1.05 bits per heavy atom. The molecule has 0 atom stereocenters. The monoisotopic (exact) mass is 296 g/mol. The Morgan fingerprint density at radius 2 is 1.67 bits per heavy atom. The topological polar surface area (TPSA) is 86.8 Å². The number of hydrogen-bond donors (Lipinski definition) is 2. The summed E-state index contributed by atoms with van der Waals surface area (Å²) in [6.07, 6.45) is 0. The van der Waals surface area contributed by atoms with Crippen LogP contribution in [0.3, 0.4) is 0 Å². The maximum absolute atomic E-state index is 7.54. The molecular weight excluding hydrogens is 272 g/mol. The number of methoxy groups -OCH3 is 1. The molecule has 0 aliphatic heterocycles. The Hall–Kier alpha value is -1.63. The van der Waals surface area contributed by atoms with Gasteiger partial charge >= 0.3 is 0 Å². The molecule has 1 aromatic rings. The second kappa shape index (κ2) is 10.1. The van der Waals surface area contributed by atoms with Crippen LogP contribution in [0.15, 0.2) is 18.2 Å². The van der Waals surface area contributed by atoms with Crippen LogP contribution in [0.1, 0.15) is 11.1 Å². The van der Waals surface area contributed by atoms with Gasteiger partial charge in [-0.3, -0.25) is 5.41 Å². The molecule has 0 saturated carbocycles. The van der Waals surface area contributed by atoms with Gasteiger partial charge in [0, 0.05) is 7.11 Å². The van der Waals surface area contributed by atoms with Gasteiger partial charge in [0.25, 0.3) is 0 Å². The standard InChI is InChI=1S/C15H24N2O4/c1-12-3-4-14(13(11-12)15(16)17)21-10-9-20-8-7-19-6-5-18-2/h3-4,11H,5-10H2,1-2H3,(H3,16,17). The summed E-state index contributed by atoms with van der Waals surface area (Å²) >= 11 is 0. The number of nitrogens with two attached hydrogens (primary N) is 1. The molecule has 0 bridgehead atoms. The average molecular weight is 296 g/mol. The molecule has 0 spiro atoms. The summed E-state index contributed by atoms with van der Waals surface area (Å²) in [6, 6.07) is 5.58. The fourth-order valence-electron chi connectivity index (χ4n) is 1.65. The summed E-state index contributed by atoms with van der Waals surface area (Å²) in [4.78, 5) is 0. The van der Waals surface area contributed by atoms with Crippen LogP contribution < -0.4 is 10.5 Å². The third-order valence-electron chi connectivity index (χ3n) is 2.71. The Labute approximate surface area is 125 Å². The van der Waals surface area contributed by atoms with Gasteiger partial charge in [-0.15, -0.1) is 0 Å². The van der Waals surface area contributed by atoms with E-state index in [0.717, 1.165) is 5.56 Å². The van der Waals surface area contributed by atoms with Gasteiger partial charge in [-0.25, -0.2) is 0 Å². The first kappa shape index (κ1) is 17.4. The number of benzene rings is 1. The first-order chi connectivity index (χ1) is 10.1. The lowest BCUT2D eigenvalue weighted by Gasteiger charge is -2.11. The zero-order chi connectivity index (χ0) is 15.5. The van der Waals surface area contributed by atoms with E-state index in [1.54, 1.807) is 7.11 Å². The van der Waals surface area contributed by atoms with Gasteiger partial charge in [-0.05, 0) is 19.1 Å². The molecule has 0 radical (unpaired) electrons. The van der Waals surface area contributed by atoms with Crippen LogP contribution in [-0.4, -0.2) is 52.6 Å². The summed E-state index contributed by atoms with van der Waals surface area (Å²) < 4.78 is 21.1. The van der Waals surface area contributed by atoms with Crippen molar-refractivity contribution in [3.05, 3.63) is 29.3 Å². The largest absolute Gasteiger partial charge is 0.490 e. The van der Waals surface area contributed by atoms with E-state index in [-0.39, 0.29) is 5.84 Å². The predicted molar refractivity (Wildman–Crippen MR) is 81.2 cm³/mol. The highest BCUT2D eigenvalue weighted by Crippen LogP contribution is 2.19. The number of hydrogen-bond acceptors (Lipinski definition) is 5. The minimum Gasteiger partial charge on any atom is -0.490 e. The molecule has 6 heteroatoms. The summed E-state index contributed by atoms with van der Waals surface area (Å²) in [5.74, 6) is 0.606. The maximum Gasteiger partial charge on any atom is 0.130 e. The van der Waals surface area contributed by atoms with Crippen molar-refractivity contribution in [3.63, 3.8) is 0 Å². The van der Waals surface area contributed by atoms with E-state index < -0.39 is 0 Å². The minimum atomic E-state index is 0.00108. The van der Waals surface area contributed by atoms with Crippen molar-refractivity contribution in [1.82, 2.24) is 0 Å². The summed E-state index contributed by atoms with van der Waals surface area (Å²) in [6.45, 7) is 5.02. The van der Waals surface area contributed by atoms with Crippen molar-refractivity contribution in [3.8, 4) is 5.75 Å². The van der Waals surface area contributed by atoms with Crippen LogP contribution in [0.5, 0.6) is 5.75 Å². The Kier molecular flexibility index (Phi) is 8.42. The average Bonchev–Trinajstić information content (AvgIpc) is 2.46. The van der Waals surface area contributed by atoms with Crippen LogP contribution in [0, 0.1) is 12.3 Å². The van der Waals surface area contributed by atoms with E-state index in [2.05, 4.69) is 0 Å². The summed E-state index contributed by atoms with van der Waals surface area (Å²) in [7, 11) is 1.64. The summed E-state index contributed by atoms with van der Waals surface area (Å²) in [5.41, 5.74) is 7.19. The van der Waals surface area contributed by atoms with Crippen LogP contribution in [0.4, 0.5) is 0 Å². The lowest BCUT2D eigenvalue weighted by molar-refractivity contribution is 0.0179. The number of nitrogen functional groups attached to an aromatic ring is 1. The third-order valence-corrected chi connectivity index (χ3v) is 2.71. The van der Waals surface area contributed by atoms with E-state index >= 15 is 0 Å². The SMILES string of the molecule is COCCOCCOCCOc1ccc(C)cc1C(=N)N. The maximum atomic E-state index is 7.54. The molecule has 3 N–H and O–H groups in total. The van der Waals surface area contributed by atoms with Gasteiger partial charge in [0.2, 0.25) is 0 Å². The Morgan fingerprint density at radius 3 is 2.29 bits per heavy atom. The lowest BCUT2D eigenvalue weighted by Crippen LogP contribution is -2.16. The van der Waals surface area contributed by atoms with Gasteiger partial charge in [-0.2, -0.15) is 0 Å². The van der Waals surface area contributed by atoms with Crippen molar-refractivity contribution in [2.75, 3.05) is 46.8 Å². The van der Waals surface area contributed by atoms with Gasteiger partial charge in [-0.1, -0.05) is 11.6 Å². The summed E-state index contributed by atoms with van der Waals surface area (Å²) in [5, 5.41) is 7.54. The highest BCUT2D eigenvalue weighted by molar-refractivity contribution is 5.97. The molecule has 1 rings (SSSR count). The first-order valence-corrected chi connectivity index (χ1v) is 6.87. The molecule has 1 aromatic carbocycles. The van der Waals surface area contributed by atoms with Crippen molar-refractivity contribution < 1.29 is 18.9 Å². The second-order valence-electron chi connectivity index (χ2n) is 4.48. The second-order valence-corrected chi connectivity index (χ2v) is 4.48. The molecule has 0 aliphatic carbocycles. The van der Waals surface area contributed by atoms with Gasteiger partial charge < -0.3 is 24.7 Å². The minimum absolute atomic E-state index is 0.00108. The van der Waals surface area contributed by atoms with E-state index in [1.807, 2.05) is 25.1 Å². The molecule has 0 fully saturated rings. The lowest BCUT2D eigenvalue weighted by atomic mass is 10.1. The number of amidine groups is 1. The molecule has 6 nitrogen and oxygen atoms in total. The molecular formula is C15H24N2O4. The fourth-order valence-corrected chi connectivity index (χ4v) is 1.65. The molecule has 0 amide bonds. The highest BCUT2D eigenvalue weighted by Gasteiger charge is 2.06. The van der Waals surface area contributed by atoms with Crippen LogP contribution in [0.2, 0.25) is 0 Å². The molecule has 0 aromatic heterocycles. The van der Waals surface area contributed by atoms with E-state index in [1.165, 1.54) is 0 Å². The van der Waals surface area contributed by atoms with E-state index in [9.17, 15) is 0 Å². The predicted octanol–water partition coefficient (Wildman–Crippen LogP) is 1.34. The molecule has 0 heterocycles. The zero-order valence-corrected chi connectivity index (χ0v) is 12.7. The van der Waals surface area contributed by atoms with Crippen molar-refractivity contribution in [2.45, 2.75) is 6.92 Å². The van der Waals surface area contributed by atoms with Crippen molar-refractivity contribution in [2.24, 2.45) is 5.73 Å². The molecule has 21 heavy (non-hydrogen) atoms. The van der Waals surface area contributed by atoms with Gasteiger partial charge in [0.05, 0.1) is 38.6 Å². The van der Waals surface area contributed by atoms with Crippen LogP contribution in [-0.2, 0) is 14.2 Å². The molecule has 118 valence electrons. The number of ether oxygens (including phenoxy) is 4. The third kappa shape index (κ3) is 7.08. The smallest absolute Gasteiger partial charge is 0.130 e. The van der Waals surface area contributed by atoms with E-state index in [0.29, 0.717) is 51.0 Å². The van der Waals surface area contributed by atoms with E-state index in [4.69, 9.17) is 30.1 Å². The van der Waals surface area contributed by atoms with Crippen LogP contribution in [0.25, 0.3) is 0 Å². The Bertz CT molecular complexity index is 438. The normalized spacial score (nSPS) is 10.6.